The Kier molecular flexibility index (Phi) is 8.04. The minimum Gasteiger partial charge on any atom is -0.348 e. The lowest BCUT2D eigenvalue weighted by Gasteiger charge is -2.35. The van der Waals surface area contributed by atoms with Crippen LogP contribution in [0.15, 0.2) is 83.8 Å². The summed E-state index contributed by atoms with van der Waals surface area (Å²) in [7, 11) is -3.47. The molecule has 1 amide bonds. The number of carbonyl (C=O) groups is 1. The van der Waals surface area contributed by atoms with Gasteiger partial charge in [0.15, 0.2) is 9.84 Å². The first-order valence-corrected chi connectivity index (χ1v) is 13.9. The average Bonchev–Trinajstić information content (AvgIpc) is 2.83. The fourth-order valence-corrected chi connectivity index (χ4v) is 6.32. The van der Waals surface area contributed by atoms with E-state index in [1.54, 1.807) is 54.6 Å². The summed E-state index contributed by atoms with van der Waals surface area (Å²) in [4.78, 5) is 15.5. The van der Waals surface area contributed by atoms with Crippen molar-refractivity contribution in [1.29, 1.82) is 0 Å². The molecular weight excluding hydrogens is 456 g/mol. The SMILES string of the molecule is CC1CC(C)CN(Cc2ccc(CNC(=O)c3cccc(CS(=O)(=O)c4ccccc4)c3)cc2)C1. The summed E-state index contributed by atoms with van der Waals surface area (Å²) in [6.07, 6.45) is 1.31. The molecule has 1 aliphatic rings. The molecule has 184 valence electrons. The Morgan fingerprint density at radius 2 is 1.51 bits per heavy atom. The lowest BCUT2D eigenvalue weighted by Crippen LogP contribution is -2.38. The van der Waals surface area contributed by atoms with E-state index in [1.807, 2.05) is 0 Å². The monoisotopic (exact) mass is 490 g/mol. The predicted molar refractivity (Wildman–Crippen MR) is 140 cm³/mol. The molecule has 1 saturated heterocycles. The van der Waals surface area contributed by atoms with Crippen molar-refractivity contribution in [2.24, 2.45) is 11.8 Å². The molecule has 0 aromatic heterocycles. The van der Waals surface area contributed by atoms with E-state index in [9.17, 15) is 13.2 Å². The van der Waals surface area contributed by atoms with E-state index in [1.165, 1.54) is 12.0 Å². The number of piperidine rings is 1. The van der Waals surface area contributed by atoms with Crippen LogP contribution in [0.4, 0.5) is 0 Å². The summed E-state index contributed by atoms with van der Waals surface area (Å²) in [6.45, 7) is 8.32. The van der Waals surface area contributed by atoms with Crippen molar-refractivity contribution in [3.63, 3.8) is 0 Å². The fourth-order valence-electron chi connectivity index (χ4n) is 4.96. The third kappa shape index (κ3) is 7.03. The van der Waals surface area contributed by atoms with Crippen LogP contribution in [0.25, 0.3) is 0 Å². The molecule has 0 radical (unpaired) electrons. The molecule has 0 spiro atoms. The minimum absolute atomic E-state index is 0.145. The van der Waals surface area contributed by atoms with Crippen molar-refractivity contribution in [2.45, 2.75) is 44.0 Å². The molecule has 1 heterocycles. The number of carbonyl (C=O) groups excluding carboxylic acids is 1. The first-order valence-electron chi connectivity index (χ1n) is 12.2. The van der Waals surface area contributed by atoms with Gasteiger partial charge in [-0.25, -0.2) is 8.42 Å². The van der Waals surface area contributed by atoms with E-state index in [0.717, 1.165) is 37.0 Å². The van der Waals surface area contributed by atoms with Crippen LogP contribution in [0, 0.1) is 11.8 Å². The number of likely N-dealkylation sites (tertiary alicyclic amines) is 1. The highest BCUT2D eigenvalue weighted by atomic mass is 32.2. The zero-order valence-electron chi connectivity index (χ0n) is 20.5. The maximum Gasteiger partial charge on any atom is 0.251 e. The van der Waals surface area contributed by atoms with E-state index in [-0.39, 0.29) is 16.6 Å². The molecule has 1 N–H and O–H groups in total. The molecule has 1 fully saturated rings. The number of amides is 1. The number of hydrogen-bond donors (Lipinski definition) is 1. The molecule has 0 saturated carbocycles. The molecule has 1 aliphatic heterocycles. The molecule has 2 unspecified atom stereocenters. The van der Waals surface area contributed by atoms with Gasteiger partial charge in [-0.05, 0) is 59.2 Å². The van der Waals surface area contributed by atoms with Crippen molar-refractivity contribution in [3.8, 4) is 0 Å². The average molecular weight is 491 g/mol. The third-order valence-corrected chi connectivity index (χ3v) is 8.18. The molecule has 3 aromatic rings. The molecule has 5 nitrogen and oxygen atoms in total. The first kappa shape index (κ1) is 25.1. The van der Waals surface area contributed by atoms with Crippen LogP contribution < -0.4 is 5.32 Å². The number of benzene rings is 3. The van der Waals surface area contributed by atoms with Crippen molar-refractivity contribution < 1.29 is 13.2 Å². The van der Waals surface area contributed by atoms with Crippen LogP contribution in [0.3, 0.4) is 0 Å². The number of sulfone groups is 1. The van der Waals surface area contributed by atoms with E-state index in [0.29, 0.717) is 17.7 Å². The van der Waals surface area contributed by atoms with Gasteiger partial charge in [0.05, 0.1) is 10.6 Å². The Hall–Kier alpha value is -2.96. The van der Waals surface area contributed by atoms with Gasteiger partial charge in [0.1, 0.15) is 0 Å². The van der Waals surface area contributed by atoms with Crippen molar-refractivity contribution in [3.05, 3.63) is 101 Å². The first-order chi connectivity index (χ1) is 16.8. The normalized spacial score (nSPS) is 18.8. The summed E-state index contributed by atoms with van der Waals surface area (Å²) >= 11 is 0. The third-order valence-electron chi connectivity index (χ3n) is 6.47. The zero-order chi connectivity index (χ0) is 24.8. The molecule has 0 bridgehead atoms. The maximum atomic E-state index is 12.7. The van der Waals surface area contributed by atoms with Crippen molar-refractivity contribution in [1.82, 2.24) is 10.2 Å². The van der Waals surface area contributed by atoms with Gasteiger partial charge in [0, 0.05) is 31.7 Å². The standard InChI is InChI=1S/C29H34N2O3S/c1-22-15-23(2)19-31(18-22)20-25-13-11-24(12-14-25)17-30-29(32)27-8-6-7-26(16-27)21-35(33,34)28-9-4-3-5-10-28/h3-14,16,22-23H,15,17-21H2,1-2H3,(H,30,32). The molecule has 6 heteroatoms. The molecule has 2 atom stereocenters. The molecule has 3 aromatic carbocycles. The highest BCUT2D eigenvalue weighted by Crippen LogP contribution is 2.22. The Morgan fingerprint density at radius 1 is 0.857 bits per heavy atom. The van der Waals surface area contributed by atoms with Gasteiger partial charge in [-0.15, -0.1) is 0 Å². The molecule has 0 aliphatic carbocycles. The predicted octanol–water partition coefficient (Wildman–Crippen LogP) is 5.07. The van der Waals surface area contributed by atoms with Gasteiger partial charge in [-0.3, -0.25) is 9.69 Å². The maximum absolute atomic E-state index is 12.7. The lowest BCUT2D eigenvalue weighted by atomic mass is 9.91. The topological polar surface area (TPSA) is 66.5 Å². The summed E-state index contributed by atoms with van der Waals surface area (Å²) < 4.78 is 25.4. The van der Waals surface area contributed by atoms with Crippen LogP contribution in [0.2, 0.25) is 0 Å². The quantitative estimate of drug-likeness (QED) is 0.479. The van der Waals surface area contributed by atoms with E-state index < -0.39 is 9.84 Å². The lowest BCUT2D eigenvalue weighted by molar-refractivity contribution is 0.0951. The molecule has 35 heavy (non-hydrogen) atoms. The van der Waals surface area contributed by atoms with Gasteiger partial charge in [0.2, 0.25) is 0 Å². The van der Waals surface area contributed by atoms with Gasteiger partial charge >= 0.3 is 0 Å². The van der Waals surface area contributed by atoms with Crippen LogP contribution >= 0.6 is 0 Å². The second-order valence-corrected chi connectivity index (χ2v) is 11.9. The summed E-state index contributed by atoms with van der Waals surface area (Å²) in [5.41, 5.74) is 3.36. The number of nitrogens with one attached hydrogen (secondary N) is 1. The van der Waals surface area contributed by atoms with Crippen LogP contribution in [-0.2, 0) is 28.7 Å². The highest BCUT2D eigenvalue weighted by molar-refractivity contribution is 7.90. The smallest absolute Gasteiger partial charge is 0.251 e. The summed E-state index contributed by atoms with van der Waals surface area (Å²) in [5, 5.41) is 2.95. The Bertz CT molecular complexity index is 1230. The van der Waals surface area contributed by atoms with Gasteiger partial charge in [0.25, 0.3) is 5.91 Å². The second kappa shape index (κ2) is 11.2. The zero-order valence-corrected chi connectivity index (χ0v) is 21.3. The minimum atomic E-state index is -3.47. The fraction of sp³-hybridized carbons (Fsp3) is 0.345. The van der Waals surface area contributed by atoms with Gasteiger partial charge < -0.3 is 5.32 Å². The highest BCUT2D eigenvalue weighted by Gasteiger charge is 2.21. The van der Waals surface area contributed by atoms with E-state index in [2.05, 4.69) is 48.3 Å². The van der Waals surface area contributed by atoms with E-state index >= 15 is 0 Å². The largest absolute Gasteiger partial charge is 0.348 e. The summed E-state index contributed by atoms with van der Waals surface area (Å²) in [6, 6.07) is 23.6. The number of hydrogen-bond acceptors (Lipinski definition) is 4. The van der Waals surface area contributed by atoms with Crippen LogP contribution in [0.1, 0.15) is 47.3 Å². The van der Waals surface area contributed by atoms with Gasteiger partial charge in [-0.2, -0.15) is 0 Å². The van der Waals surface area contributed by atoms with Crippen LogP contribution in [-0.4, -0.2) is 32.3 Å². The molecule has 4 rings (SSSR count). The van der Waals surface area contributed by atoms with E-state index in [4.69, 9.17) is 0 Å². The van der Waals surface area contributed by atoms with Crippen molar-refractivity contribution >= 4 is 15.7 Å². The second-order valence-electron chi connectivity index (χ2n) is 9.91. The number of nitrogens with zero attached hydrogens (tertiary/aromatic N) is 1. The Labute approximate surface area is 209 Å². The Balaban J connectivity index is 1.32. The molecular formula is C29H34N2O3S. The van der Waals surface area contributed by atoms with Crippen LogP contribution in [0.5, 0.6) is 0 Å². The van der Waals surface area contributed by atoms with Crippen molar-refractivity contribution in [2.75, 3.05) is 13.1 Å². The summed E-state index contributed by atoms with van der Waals surface area (Å²) in [5.74, 6) is 1.12. The Morgan fingerprint density at radius 3 is 2.20 bits per heavy atom. The number of rotatable bonds is 8. The van der Waals surface area contributed by atoms with Gasteiger partial charge in [-0.1, -0.05) is 68.4 Å².